The van der Waals surface area contributed by atoms with Gasteiger partial charge in [0.2, 0.25) is 15.9 Å². The minimum absolute atomic E-state index is 0.111. The second-order valence-corrected chi connectivity index (χ2v) is 8.24. The number of aromatic nitrogens is 1. The Hall–Kier alpha value is -2.19. The van der Waals surface area contributed by atoms with E-state index in [1.165, 1.54) is 4.31 Å². The number of hydrogen-bond donors (Lipinski definition) is 1. The molecule has 2 aromatic rings. The van der Waals surface area contributed by atoms with Crippen LogP contribution in [0.15, 0.2) is 34.9 Å². The number of nitrogens with zero attached hydrogens (tertiary/aromatic N) is 2. The molecule has 0 bridgehead atoms. The number of hydrogen-bond acceptors (Lipinski definition) is 5. The van der Waals surface area contributed by atoms with E-state index in [2.05, 4.69) is 10.5 Å². The summed E-state index contributed by atoms with van der Waals surface area (Å²) in [5.41, 5.74) is 1.78. The Kier molecular flexibility index (Phi) is 4.91. The van der Waals surface area contributed by atoms with Crippen LogP contribution in [0.5, 0.6) is 0 Å². The van der Waals surface area contributed by atoms with Crippen LogP contribution in [0, 0.1) is 13.8 Å². The van der Waals surface area contributed by atoms with Crippen molar-refractivity contribution in [1.29, 1.82) is 0 Å². The van der Waals surface area contributed by atoms with Crippen LogP contribution in [0.3, 0.4) is 0 Å². The summed E-state index contributed by atoms with van der Waals surface area (Å²) in [7, 11) is -3.58. The van der Waals surface area contributed by atoms with E-state index in [1.807, 2.05) is 19.1 Å². The summed E-state index contributed by atoms with van der Waals surface area (Å²) in [4.78, 5) is 12.5. The van der Waals surface area contributed by atoms with Crippen molar-refractivity contribution in [3.63, 3.8) is 0 Å². The molecule has 1 aliphatic rings. The van der Waals surface area contributed by atoms with Gasteiger partial charge in [0.25, 0.3) is 0 Å². The second-order valence-electron chi connectivity index (χ2n) is 6.32. The highest BCUT2D eigenvalue weighted by atomic mass is 32.2. The van der Waals surface area contributed by atoms with Gasteiger partial charge in [0.05, 0.1) is 5.75 Å². The third-order valence-corrected chi connectivity index (χ3v) is 6.06. The third kappa shape index (κ3) is 4.08. The van der Waals surface area contributed by atoms with Crippen molar-refractivity contribution >= 4 is 21.7 Å². The van der Waals surface area contributed by atoms with Crippen LogP contribution in [0.25, 0.3) is 0 Å². The van der Waals surface area contributed by atoms with E-state index in [0.717, 1.165) is 5.56 Å². The summed E-state index contributed by atoms with van der Waals surface area (Å²) in [5.74, 6) is 0.384. The first-order valence-electron chi connectivity index (χ1n) is 8.14. The van der Waals surface area contributed by atoms with Gasteiger partial charge in [0.1, 0.15) is 11.8 Å². The zero-order chi connectivity index (χ0) is 18.0. The predicted molar refractivity (Wildman–Crippen MR) is 93.4 cm³/mol. The van der Waals surface area contributed by atoms with Crippen LogP contribution in [-0.4, -0.2) is 36.4 Å². The lowest BCUT2D eigenvalue weighted by molar-refractivity contribution is -0.119. The Morgan fingerprint density at radius 1 is 1.32 bits per heavy atom. The molecule has 0 unspecified atom stereocenters. The first-order chi connectivity index (χ1) is 11.8. The predicted octanol–water partition coefficient (Wildman–Crippen LogP) is 2.22. The first kappa shape index (κ1) is 17.6. The largest absolute Gasteiger partial charge is 0.360 e. The molecule has 25 heavy (non-hydrogen) atoms. The highest BCUT2D eigenvalue weighted by Gasteiger charge is 2.38. The minimum atomic E-state index is -3.58. The fourth-order valence-electron chi connectivity index (χ4n) is 2.95. The molecule has 1 fully saturated rings. The maximum atomic E-state index is 12.8. The molecule has 7 nitrogen and oxygen atoms in total. The number of rotatable bonds is 5. The number of benzene rings is 1. The molecule has 3 rings (SSSR count). The molecule has 1 atom stereocenters. The molecule has 1 amide bonds. The Balaban J connectivity index is 1.73. The SMILES string of the molecule is Cc1ccc(CS(=O)(=O)N2CCC[C@@H]2C(=O)Nc2cc(C)on2)cc1. The van der Waals surface area contributed by atoms with Gasteiger partial charge in [-0.1, -0.05) is 35.0 Å². The number of carbonyl (C=O) groups is 1. The van der Waals surface area contributed by atoms with Crippen LogP contribution >= 0.6 is 0 Å². The average molecular weight is 363 g/mol. The van der Waals surface area contributed by atoms with Gasteiger partial charge in [-0.3, -0.25) is 4.79 Å². The van der Waals surface area contributed by atoms with Crippen LogP contribution in [-0.2, 0) is 20.6 Å². The van der Waals surface area contributed by atoms with Crippen LogP contribution in [0.2, 0.25) is 0 Å². The normalized spacial score (nSPS) is 18.4. The van der Waals surface area contributed by atoms with E-state index >= 15 is 0 Å². The number of aryl methyl sites for hydroxylation is 2. The monoisotopic (exact) mass is 363 g/mol. The first-order valence-corrected chi connectivity index (χ1v) is 9.75. The van der Waals surface area contributed by atoms with E-state index < -0.39 is 16.1 Å². The van der Waals surface area contributed by atoms with E-state index in [1.54, 1.807) is 25.1 Å². The second kappa shape index (κ2) is 6.97. The topological polar surface area (TPSA) is 92.5 Å². The van der Waals surface area contributed by atoms with Gasteiger partial charge in [-0.05, 0) is 32.3 Å². The zero-order valence-electron chi connectivity index (χ0n) is 14.2. The van der Waals surface area contributed by atoms with E-state index in [9.17, 15) is 13.2 Å². The Bertz CT molecular complexity index is 858. The lowest BCUT2D eigenvalue weighted by Crippen LogP contribution is -2.43. The molecule has 0 spiro atoms. The molecule has 1 aliphatic heterocycles. The number of anilines is 1. The Morgan fingerprint density at radius 3 is 2.68 bits per heavy atom. The van der Waals surface area contributed by atoms with Crippen molar-refractivity contribution in [3.05, 3.63) is 47.2 Å². The number of carbonyl (C=O) groups excluding carboxylic acids is 1. The van der Waals surface area contributed by atoms with Crippen LogP contribution in [0.4, 0.5) is 5.82 Å². The van der Waals surface area contributed by atoms with Gasteiger partial charge in [-0.15, -0.1) is 0 Å². The molecule has 0 aliphatic carbocycles. The molecule has 8 heteroatoms. The van der Waals surface area contributed by atoms with Crippen molar-refractivity contribution in [3.8, 4) is 0 Å². The Labute approximate surface area is 147 Å². The fourth-order valence-corrected chi connectivity index (χ4v) is 4.72. The van der Waals surface area contributed by atoms with Crippen molar-refractivity contribution in [2.75, 3.05) is 11.9 Å². The van der Waals surface area contributed by atoms with Gasteiger partial charge in [-0.25, -0.2) is 8.42 Å². The van der Waals surface area contributed by atoms with Gasteiger partial charge in [0, 0.05) is 12.6 Å². The Morgan fingerprint density at radius 2 is 2.04 bits per heavy atom. The van der Waals surface area contributed by atoms with Crippen LogP contribution < -0.4 is 5.32 Å². The van der Waals surface area contributed by atoms with Gasteiger partial charge in [0.15, 0.2) is 5.82 Å². The number of sulfonamides is 1. The van der Waals surface area contributed by atoms with Crippen LogP contribution in [0.1, 0.15) is 29.7 Å². The molecule has 1 aromatic heterocycles. The van der Waals surface area contributed by atoms with Gasteiger partial charge in [-0.2, -0.15) is 4.31 Å². The standard InChI is InChI=1S/C17H21N3O4S/c1-12-5-7-14(8-6-12)11-25(22,23)20-9-3-4-15(20)17(21)18-16-10-13(2)24-19-16/h5-8,10,15H,3-4,9,11H2,1-2H3,(H,18,19,21)/t15-/m1/s1. The van der Waals surface area contributed by atoms with Gasteiger partial charge >= 0.3 is 0 Å². The molecule has 1 aromatic carbocycles. The summed E-state index contributed by atoms with van der Waals surface area (Å²) < 4.78 is 31.8. The fraction of sp³-hybridized carbons (Fsp3) is 0.412. The van der Waals surface area contributed by atoms with Crippen molar-refractivity contribution < 1.29 is 17.7 Å². The highest BCUT2D eigenvalue weighted by Crippen LogP contribution is 2.25. The average Bonchev–Trinajstić information content (AvgIpc) is 3.19. The zero-order valence-corrected chi connectivity index (χ0v) is 15.0. The lowest BCUT2D eigenvalue weighted by Gasteiger charge is -2.23. The molecule has 1 saturated heterocycles. The summed E-state index contributed by atoms with van der Waals surface area (Å²) in [6, 6.07) is 8.25. The summed E-state index contributed by atoms with van der Waals surface area (Å²) in [5, 5.41) is 6.34. The van der Waals surface area contributed by atoms with Crippen molar-refractivity contribution in [2.45, 2.75) is 38.5 Å². The smallest absolute Gasteiger partial charge is 0.244 e. The quantitative estimate of drug-likeness (QED) is 0.879. The third-order valence-electron chi connectivity index (χ3n) is 4.21. The molecule has 134 valence electrons. The minimum Gasteiger partial charge on any atom is -0.360 e. The molecular formula is C17H21N3O4S. The lowest BCUT2D eigenvalue weighted by atomic mass is 10.2. The maximum absolute atomic E-state index is 12.8. The summed E-state index contributed by atoms with van der Waals surface area (Å²) in [6.07, 6.45) is 1.15. The van der Waals surface area contributed by atoms with E-state index in [-0.39, 0.29) is 11.7 Å². The summed E-state index contributed by atoms with van der Waals surface area (Å²) >= 11 is 0. The number of amides is 1. The molecule has 1 N–H and O–H groups in total. The molecule has 0 saturated carbocycles. The van der Waals surface area contributed by atoms with Gasteiger partial charge < -0.3 is 9.84 Å². The molecule has 2 heterocycles. The number of nitrogens with one attached hydrogen (secondary N) is 1. The van der Waals surface area contributed by atoms with Crippen molar-refractivity contribution in [1.82, 2.24) is 9.46 Å². The van der Waals surface area contributed by atoms with E-state index in [0.29, 0.717) is 36.5 Å². The summed E-state index contributed by atoms with van der Waals surface area (Å²) in [6.45, 7) is 4.02. The maximum Gasteiger partial charge on any atom is 0.244 e. The van der Waals surface area contributed by atoms with Crippen molar-refractivity contribution in [2.24, 2.45) is 0 Å². The highest BCUT2D eigenvalue weighted by molar-refractivity contribution is 7.88. The van der Waals surface area contributed by atoms with E-state index in [4.69, 9.17) is 4.52 Å². The molecule has 0 radical (unpaired) electrons. The molecular weight excluding hydrogens is 342 g/mol.